The molecule has 0 aromatic heterocycles. The van der Waals surface area contributed by atoms with Gasteiger partial charge in [0.15, 0.2) is 5.71 Å². The Kier molecular flexibility index (Phi) is 14.4. The van der Waals surface area contributed by atoms with Crippen molar-refractivity contribution in [2.24, 2.45) is 0 Å². The van der Waals surface area contributed by atoms with Gasteiger partial charge in [-0.25, -0.2) is 21.6 Å². The predicted octanol–water partition coefficient (Wildman–Crippen LogP) is 7.02. The molecule has 312 valence electrons. The lowest BCUT2D eigenvalue weighted by molar-refractivity contribution is -0.401. The normalized spacial score (nSPS) is 20.7. The minimum atomic E-state index is -4.92. The number of allylic oxidation sites excluding steroid dienone is 8. The fourth-order valence-corrected chi connectivity index (χ4v) is 11.5. The Hall–Kier alpha value is -3.24. The lowest BCUT2D eigenvalue weighted by atomic mass is 9.77. The van der Waals surface area contributed by atoms with Crippen LogP contribution < -0.4 is 4.90 Å². The van der Waals surface area contributed by atoms with E-state index in [-0.39, 0.29) is 43.9 Å². The third kappa shape index (κ3) is 9.86. The van der Waals surface area contributed by atoms with E-state index in [1.54, 1.807) is 30.1 Å². The smallest absolute Gasteiger partial charge is 0.355 e. The van der Waals surface area contributed by atoms with Crippen LogP contribution >= 0.6 is 45.2 Å². The van der Waals surface area contributed by atoms with Gasteiger partial charge >= 0.3 is 5.97 Å². The van der Waals surface area contributed by atoms with Gasteiger partial charge in [0.25, 0.3) is 11.8 Å². The summed E-state index contributed by atoms with van der Waals surface area (Å²) in [5, 5.41) is 0.485. The average Bonchev–Trinajstić information content (AvgIpc) is 3.64. The molecule has 0 N–H and O–H groups in total. The number of hydrogen-bond acceptors (Lipinski definition) is 11. The molecule has 1 saturated heterocycles. The van der Waals surface area contributed by atoms with Crippen molar-refractivity contribution in [2.75, 3.05) is 17.7 Å². The first kappa shape index (κ1) is 45.8. The van der Waals surface area contributed by atoms with Gasteiger partial charge in [0, 0.05) is 54.7 Å². The molecule has 2 atom stereocenters. The highest BCUT2D eigenvalue weighted by Gasteiger charge is 2.49. The fraction of sp³-hybridized carbons (Fsp3) is 0.415. The minimum absolute atomic E-state index is 0.0173. The van der Waals surface area contributed by atoms with Gasteiger partial charge in [-0.05, 0) is 121 Å². The molecule has 0 aliphatic carbocycles. The number of hydroxylamine groups is 2. The molecule has 13 nitrogen and oxygen atoms in total. The van der Waals surface area contributed by atoms with Gasteiger partial charge in [0.05, 0.1) is 26.0 Å². The molecule has 5 rings (SSSR count). The SMILES string of the molecule is CCCCC(C(=O)ON1C(=O)CCC1=O)N1\C(=C/C=C/C=C/C=C/C2=[N+](C)c3cc(I)cc(I)c3C2(C)C)C(C)(CCCCS(=O)(=O)[O-])c2cc(S(=O)(=O)[O-])ccc21. The number of halogens is 2. The molecule has 58 heavy (non-hydrogen) atoms. The van der Waals surface area contributed by atoms with Crippen LogP contribution in [0.5, 0.6) is 0 Å². The highest BCUT2D eigenvalue weighted by Crippen LogP contribution is 2.53. The topological polar surface area (TPSA) is 184 Å². The largest absolute Gasteiger partial charge is 0.748 e. The number of fused-ring (bicyclic) bond motifs is 2. The van der Waals surface area contributed by atoms with Crippen molar-refractivity contribution in [2.45, 2.75) is 101 Å². The van der Waals surface area contributed by atoms with Gasteiger partial charge in [0.2, 0.25) is 5.69 Å². The summed E-state index contributed by atoms with van der Waals surface area (Å²) < 4.78 is 75.8. The Morgan fingerprint density at radius 2 is 1.60 bits per heavy atom. The van der Waals surface area contributed by atoms with Crippen molar-refractivity contribution in [3.05, 3.63) is 96.8 Å². The van der Waals surface area contributed by atoms with Gasteiger partial charge in [0.1, 0.15) is 23.2 Å². The number of anilines is 1. The van der Waals surface area contributed by atoms with E-state index in [0.29, 0.717) is 34.9 Å². The van der Waals surface area contributed by atoms with E-state index in [1.165, 1.54) is 21.3 Å². The van der Waals surface area contributed by atoms with Crippen molar-refractivity contribution in [3.8, 4) is 0 Å². The van der Waals surface area contributed by atoms with E-state index >= 15 is 0 Å². The number of unbranched alkanes of at least 4 members (excludes halogenated alkanes) is 2. The van der Waals surface area contributed by atoms with E-state index in [4.69, 9.17) is 4.84 Å². The third-order valence-electron chi connectivity index (χ3n) is 10.8. The zero-order chi connectivity index (χ0) is 42.8. The maximum Gasteiger partial charge on any atom is 0.355 e. The molecule has 0 bridgehead atoms. The highest BCUT2D eigenvalue weighted by atomic mass is 127. The van der Waals surface area contributed by atoms with Crippen LogP contribution in [0, 0.1) is 7.14 Å². The molecule has 17 heteroatoms. The number of hydrogen-bond donors (Lipinski definition) is 0. The summed E-state index contributed by atoms with van der Waals surface area (Å²) in [5.41, 5.74) is 3.50. The highest BCUT2D eigenvalue weighted by molar-refractivity contribution is 14.1. The van der Waals surface area contributed by atoms with E-state index in [1.807, 2.05) is 25.2 Å². The van der Waals surface area contributed by atoms with Gasteiger partial charge in [-0.1, -0.05) is 56.6 Å². The molecule has 2 unspecified atom stereocenters. The zero-order valence-corrected chi connectivity index (χ0v) is 38.8. The molecule has 1 fully saturated rings. The molecule has 0 spiro atoms. The molecule has 2 aromatic rings. The Morgan fingerprint density at radius 3 is 2.24 bits per heavy atom. The summed E-state index contributed by atoms with van der Waals surface area (Å²) in [6.45, 7) is 8.12. The molecule has 3 aliphatic heterocycles. The third-order valence-corrected chi connectivity index (χ3v) is 13.9. The Balaban J connectivity index is 1.55. The van der Waals surface area contributed by atoms with Crippen LogP contribution in [0.3, 0.4) is 0 Å². The van der Waals surface area contributed by atoms with Gasteiger partial charge in [-0.2, -0.15) is 4.58 Å². The van der Waals surface area contributed by atoms with Crippen LogP contribution in [-0.2, 0) is 50.3 Å². The summed E-state index contributed by atoms with van der Waals surface area (Å²) in [7, 11) is -7.37. The molecule has 3 heterocycles. The number of amides is 2. The van der Waals surface area contributed by atoms with E-state index < -0.39 is 60.1 Å². The fourth-order valence-electron chi connectivity index (χ4n) is 7.96. The summed E-state index contributed by atoms with van der Waals surface area (Å²) in [6.07, 6.45) is 14.7. The second kappa shape index (κ2) is 18.2. The predicted molar refractivity (Wildman–Crippen MR) is 234 cm³/mol. The van der Waals surface area contributed by atoms with Crippen LogP contribution in [0.15, 0.2) is 83.5 Å². The standard InChI is InChI=1S/C41H47I2N3O10S2/c1-6-7-15-32(39(49)56-46-36(47)20-21-37(46)48)45-31-19-18-28(58(53,54)55)26-29(31)41(4,22-13-14-23-57(50,51)52)35(45)17-12-10-8-9-11-16-34-40(2,3)38-30(43)24-27(42)25-33(38)44(34)5/h8-12,16-19,24-26,32H,6-7,13-15,20-23H2,1-5H3,(H-,50,51,52,53,54,55)/p-1. The molecule has 3 aliphatic rings. The first-order valence-corrected chi connectivity index (χ1v) is 24.0. The van der Waals surface area contributed by atoms with Crippen molar-refractivity contribution in [1.29, 1.82) is 0 Å². The van der Waals surface area contributed by atoms with Crippen LogP contribution in [0.4, 0.5) is 11.4 Å². The maximum atomic E-state index is 14.1. The van der Waals surface area contributed by atoms with Crippen LogP contribution in [-0.4, -0.2) is 77.9 Å². The van der Waals surface area contributed by atoms with Gasteiger partial charge < -0.3 is 18.8 Å². The van der Waals surface area contributed by atoms with Gasteiger partial charge in [-0.15, -0.1) is 5.06 Å². The first-order chi connectivity index (χ1) is 27.1. The van der Waals surface area contributed by atoms with E-state index in [0.717, 1.165) is 21.0 Å². The second-order valence-electron chi connectivity index (χ2n) is 15.2. The molecule has 2 amide bonds. The summed E-state index contributed by atoms with van der Waals surface area (Å²) in [4.78, 5) is 45.6. The monoisotopic (exact) mass is 1060 g/mol. The zero-order valence-electron chi connectivity index (χ0n) is 32.9. The quantitative estimate of drug-likeness (QED) is 0.0421. The summed E-state index contributed by atoms with van der Waals surface area (Å²) in [6, 6.07) is 7.10. The first-order valence-electron chi connectivity index (χ1n) is 18.9. The Labute approximate surface area is 367 Å². The van der Waals surface area contributed by atoms with Crippen LogP contribution in [0.2, 0.25) is 0 Å². The summed E-state index contributed by atoms with van der Waals surface area (Å²) >= 11 is 4.71. The summed E-state index contributed by atoms with van der Waals surface area (Å²) in [5.74, 6) is -2.78. The number of nitrogens with zero attached hydrogens (tertiary/aromatic N) is 3. The number of imide groups is 1. The average molecular weight is 1060 g/mol. The number of carbonyl (C=O) groups excluding carboxylic acids is 3. The van der Waals surface area contributed by atoms with E-state index in [9.17, 15) is 40.3 Å². The Morgan fingerprint density at radius 1 is 0.948 bits per heavy atom. The lowest BCUT2D eigenvalue weighted by Crippen LogP contribution is -2.46. The maximum absolute atomic E-state index is 14.1. The Bertz CT molecular complexity index is 2370. The number of benzene rings is 2. The van der Waals surface area contributed by atoms with Crippen molar-refractivity contribution in [1.82, 2.24) is 5.06 Å². The molecule has 0 saturated carbocycles. The molecular weight excluding hydrogens is 1010 g/mol. The van der Waals surface area contributed by atoms with Crippen molar-refractivity contribution in [3.63, 3.8) is 0 Å². The number of carbonyl (C=O) groups is 3. The van der Waals surface area contributed by atoms with Gasteiger partial charge in [-0.3, -0.25) is 9.59 Å². The molecule has 0 radical (unpaired) electrons. The minimum Gasteiger partial charge on any atom is -0.748 e. The molecular formula is C41H46I2N3O10S2-. The van der Waals surface area contributed by atoms with Crippen molar-refractivity contribution >= 4 is 100 Å². The number of rotatable bonds is 16. The van der Waals surface area contributed by atoms with Crippen molar-refractivity contribution < 1.29 is 49.7 Å². The second-order valence-corrected chi connectivity index (χ2v) is 20.5. The molecule has 2 aromatic carbocycles. The van der Waals surface area contributed by atoms with Crippen LogP contribution in [0.25, 0.3) is 0 Å². The lowest BCUT2D eigenvalue weighted by Gasteiger charge is -2.34. The van der Waals surface area contributed by atoms with E-state index in [2.05, 4.69) is 88.9 Å². The van der Waals surface area contributed by atoms with Crippen LogP contribution in [0.1, 0.15) is 90.2 Å².